The number of rotatable bonds is 6. The fraction of sp³-hybridized carbons (Fsp3) is 0.0625. The molecule has 0 aromatic heterocycles. The van der Waals surface area contributed by atoms with Gasteiger partial charge >= 0.3 is 0 Å². The number of phenols is 3. The molecule has 4 aromatic carbocycles. The molecule has 0 bridgehead atoms. The number of aryl methyl sites for hydroxylation is 1. The van der Waals surface area contributed by atoms with E-state index >= 15 is 0 Å². The van der Waals surface area contributed by atoms with Crippen molar-refractivity contribution < 1.29 is 20.4 Å². The molecule has 0 aliphatic carbocycles. The highest BCUT2D eigenvalue weighted by Crippen LogP contribution is 2.39. The summed E-state index contributed by atoms with van der Waals surface area (Å²) in [6.45, 7) is 1.97. The van der Waals surface area contributed by atoms with E-state index in [-0.39, 0.29) is 23.0 Å². The maximum atomic E-state index is 11.5. The van der Waals surface area contributed by atoms with Crippen LogP contribution in [-0.2, 0) is 0 Å². The molecule has 0 amide bonds. The van der Waals surface area contributed by atoms with Crippen molar-refractivity contribution >= 4 is 5.57 Å². The largest absolute Gasteiger partial charge is 0.511 e. The van der Waals surface area contributed by atoms with Gasteiger partial charge in [0.05, 0.1) is 5.92 Å². The summed E-state index contributed by atoms with van der Waals surface area (Å²) < 4.78 is 0. The van der Waals surface area contributed by atoms with Crippen LogP contribution in [0, 0.1) is 19.3 Å². The molecule has 4 nitrogen and oxygen atoms in total. The minimum absolute atomic E-state index is 0.00617. The second kappa shape index (κ2) is 10.6. The second-order valence-electron chi connectivity index (χ2n) is 8.55. The molecule has 0 aliphatic rings. The molecule has 0 spiro atoms. The van der Waals surface area contributed by atoms with Crippen LogP contribution in [0.5, 0.6) is 17.2 Å². The molecule has 36 heavy (non-hydrogen) atoms. The van der Waals surface area contributed by atoms with Crippen molar-refractivity contribution in [3.8, 4) is 40.7 Å². The van der Waals surface area contributed by atoms with Crippen molar-refractivity contribution in [3.05, 3.63) is 131 Å². The third-order valence-electron chi connectivity index (χ3n) is 5.95. The van der Waals surface area contributed by atoms with Crippen LogP contribution in [-0.4, -0.2) is 20.4 Å². The van der Waals surface area contributed by atoms with E-state index in [1.165, 1.54) is 0 Å². The number of allylic oxidation sites excluding steroid dienone is 4. The third-order valence-corrected chi connectivity index (χ3v) is 5.95. The van der Waals surface area contributed by atoms with Gasteiger partial charge in [0.15, 0.2) is 0 Å². The Morgan fingerprint density at radius 3 is 2.08 bits per heavy atom. The number of hydrogen-bond acceptors (Lipinski definition) is 4. The average Bonchev–Trinajstić information content (AvgIpc) is 2.86. The highest BCUT2D eigenvalue weighted by Gasteiger charge is 2.23. The van der Waals surface area contributed by atoms with E-state index in [4.69, 9.17) is 6.42 Å². The zero-order valence-corrected chi connectivity index (χ0v) is 19.8. The minimum atomic E-state index is -0.680. The van der Waals surface area contributed by atoms with E-state index in [9.17, 15) is 20.4 Å². The molecule has 0 heterocycles. The summed E-state index contributed by atoms with van der Waals surface area (Å²) >= 11 is 0. The van der Waals surface area contributed by atoms with Gasteiger partial charge in [0.1, 0.15) is 23.0 Å². The molecule has 4 rings (SSSR count). The first-order valence-corrected chi connectivity index (χ1v) is 11.4. The smallest absolute Gasteiger partial charge is 0.119 e. The minimum Gasteiger partial charge on any atom is -0.511 e. The molecule has 0 saturated heterocycles. The van der Waals surface area contributed by atoms with Gasteiger partial charge in [-0.25, -0.2) is 0 Å². The standard InChI is InChI=1S/C32H26O4/c1-3-5-24(22-8-13-27(33)14-9-22)20-31(36)32(26-7-4-6-21(2)18-26)29-19-25(12-17-30(29)35)23-10-15-28(34)16-11-23/h1,4-20,32-36H,2H3/b24-5+,31-20-. The van der Waals surface area contributed by atoms with Crippen molar-refractivity contribution in [3.63, 3.8) is 0 Å². The van der Waals surface area contributed by atoms with Gasteiger partial charge in [-0.2, -0.15) is 0 Å². The first kappa shape index (κ1) is 24.3. The fourth-order valence-corrected chi connectivity index (χ4v) is 4.17. The lowest BCUT2D eigenvalue weighted by Crippen LogP contribution is -2.06. The molecule has 0 fully saturated rings. The molecule has 1 unspecified atom stereocenters. The van der Waals surface area contributed by atoms with Crippen LogP contribution in [0.2, 0.25) is 0 Å². The van der Waals surface area contributed by atoms with Crippen molar-refractivity contribution in [2.45, 2.75) is 12.8 Å². The van der Waals surface area contributed by atoms with Gasteiger partial charge < -0.3 is 20.4 Å². The zero-order chi connectivity index (χ0) is 25.7. The second-order valence-corrected chi connectivity index (χ2v) is 8.55. The number of benzene rings is 4. The van der Waals surface area contributed by atoms with Crippen LogP contribution in [0.1, 0.15) is 28.2 Å². The SMILES string of the molecule is C#C/C=C(\C=C(/O)C(c1cccc(C)c1)c1cc(-c2ccc(O)cc2)ccc1O)c1ccc(O)cc1. The highest BCUT2D eigenvalue weighted by atomic mass is 16.3. The summed E-state index contributed by atoms with van der Waals surface area (Å²) in [6, 6.07) is 26.3. The van der Waals surface area contributed by atoms with E-state index in [0.717, 1.165) is 27.8 Å². The van der Waals surface area contributed by atoms with Crippen LogP contribution in [0.15, 0.2) is 109 Å². The summed E-state index contributed by atoms with van der Waals surface area (Å²) in [5.74, 6) is 2.15. The zero-order valence-electron chi connectivity index (χ0n) is 19.8. The maximum absolute atomic E-state index is 11.5. The van der Waals surface area contributed by atoms with Crippen LogP contribution in [0.4, 0.5) is 0 Å². The molecular weight excluding hydrogens is 448 g/mol. The Bertz CT molecular complexity index is 1470. The molecular formula is C32H26O4. The number of aliphatic hydroxyl groups excluding tert-OH is 1. The average molecular weight is 475 g/mol. The van der Waals surface area contributed by atoms with Gasteiger partial charge in [-0.1, -0.05) is 66.1 Å². The van der Waals surface area contributed by atoms with Crippen molar-refractivity contribution in [2.24, 2.45) is 0 Å². The summed E-state index contributed by atoms with van der Waals surface area (Å²) in [6.07, 6.45) is 8.70. The number of phenolic OH excluding ortho intramolecular Hbond substituents is 3. The summed E-state index contributed by atoms with van der Waals surface area (Å²) in [4.78, 5) is 0. The van der Waals surface area contributed by atoms with E-state index in [2.05, 4.69) is 5.92 Å². The van der Waals surface area contributed by atoms with Crippen LogP contribution < -0.4 is 0 Å². The lowest BCUT2D eigenvalue weighted by atomic mass is 9.85. The molecule has 4 N–H and O–H groups in total. The number of aromatic hydroxyl groups is 3. The van der Waals surface area contributed by atoms with Gasteiger partial charge in [0.2, 0.25) is 0 Å². The Morgan fingerprint density at radius 1 is 0.806 bits per heavy atom. The number of aliphatic hydroxyl groups is 1. The van der Waals surface area contributed by atoms with Crippen molar-refractivity contribution in [2.75, 3.05) is 0 Å². The summed E-state index contributed by atoms with van der Waals surface area (Å²) in [5, 5.41) is 41.7. The van der Waals surface area contributed by atoms with Crippen LogP contribution in [0.25, 0.3) is 16.7 Å². The van der Waals surface area contributed by atoms with E-state index in [1.54, 1.807) is 72.8 Å². The first-order valence-electron chi connectivity index (χ1n) is 11.4. The fourth-order valence-electron chi connectivity index (χ4n) is 4.17. The van der Waals surface area contributed by atoms with Gasteiger partial charge in [0, 0.05) is 5.56 Å². The predicted molar refractivity (Wildman–Crippen MR) is 144 cm³/mol. The van der Waals surface area contributed by atoms with E-state index in [1.807, 2.05) is 37.3 Å². The number of terminal acetylenes is 1. The highest BCUT2D eigenvalue weighted by molar-refractivity contribution is 5.77. The molecule has 4 aromatic rings. The monoisotopic (exact) mass is 474 g/mol. The lowest BCUT2D eigenvalue weighted by molar-refractivity contribution is 0.376. The van der Waals surface area contributed by atoms with Gasteiger partial charge in [0.25, 0.3) is 0 Å². The Kier molecular flexibility index (Phi) is 7.13. The quantitative estimate of drug-likeness (QED) is 0.137. The van der Waals surface area contributed by atoms with Crippen molar-refractivity contribution in [1.82, 2.24) is 0 Å². The summed E-state index contributed by atoms with van der Waals surface area (Å²) in [7, 11) is 0. The topological polar surface area (TPSA) is 80.9 Å². The number of hydrogen-bond donors (Lipinski definition) is 4. The molecule has 0 radical (unpaired) electrons. The van der Waals surface area contributed by atoms with Gasteiger partial charge in [-0.15, -0.1) is 6.42 Å². The Hall–Kier alpha value is -4.88. The third kappa shape index (κ3) is 5.43. The lowest BCUT2D eigenvalue weighted by Gasteiger charge is -2.21. The van der Waals surface area contributed by atoms with Gasteiger partial charge in [-0.3, -0.25) is 0 Å². The van der Waals surface area contributed by atoms with E-state index in [0.29, 0.717) is 11.1 Å². The molecule has 4 heteroatoms. The van der Waals surface area contributed by atoms with Crippen molar-refractivity contribution in [1.29, 1.82) is 0 Å². The van der Waals surface area contributed by atoms with Crippen LogP contribution >= 0.6 is 0 Å². The Morgan fingerprint density at radius 2 is 1.44 bits per heavy atom. The van der Waals surface area contributed by atoms with Gasteiger partial charge in [-0.05, 0) is 83.3 Å². The first-order chi connectivity index (χ1) is 17.4. The Balaban J connectivity index is 1.87. The predicted octanol–water partition coefficient (Wildman–Crippen LogP) is 7.07. The van der Waals surface area contributed by atoms with E-state index < -0.39 is 5.92 Å². The Labute approximate surface area is 210 Å². The molecule has 178 valence electrons. The molecule has 0 saturated carbocycles. The maximum Gasteiger partial charge on any atom is 0.119 e. The van der Waals surface area contributed by atoms with Crippen LogP contribution in [0.3, 0.4) is 0 Å². The normalized spacial score (nSPS) is 12.7. The molecule has 0 aliphatic heterocycles. The molecule has 1 atom stereocenters. The summed E-state index contributed by atoms with van der Waals surface area (Å²) in [5.41, 5.74) is 5.32.